The van der Waals surface area contributed by atoms with Crippen molar-refractivity contribution in [2.45, 2.75) is 39.0 Å². The summed E-state index contributed by atoms with van der Waals surface area (Å²) in [4.78, 5) is 9.15. The number of nitrogens with zero attached hydrogens (tertiary/aromatic N) is 3. The molecular formula is C24H38IN5O2. The highest BCUT2D eigenvalue weighted by Crippen LogP contribution is 2.16. The molecule has 0 atom stereocenters. The zero-order chi connectivity index (χ0) is 22.1. The number of morpholine rings is 1. The fourth-order valence-corrected chi connectivity index (χ4v) is 3.88. The SMILES string of the molecule is CN=C(NCc1ccccc1CN(C)Cc1ccco1)NCC(C)(C)N1CCOCC1.I. The smallest absolute Gasteiger partial charge is 0.191 e. The van der Waals surface area contributed by atoms with Crippen LogP contribution < -0.4 is 10.6 Å². The van der Waals surface area contributed by atoms with Crippen LogP contribution in [0.4, 0.5) is 0 Å². The lowest BCUT2D eigenvalue weighted by atomic mass is 10.0. The van der Waals surface area contributed by atoms with E-state index >= 15 is 0 Å². The number of benzene rings is 1. The van der Waals surface area contributed by atoms with Gasteiger partial charge in [-0.15, -0.1) is 24.0 Å². The van der Waals surface area contributed by atoms with Gasteiger partial charge in [-0.05, 0) is 44.2 Å². The van der Waals surface area contributed by atoms with Gasteiger partial charge in [0, 0.05) is 45.3 Å². The zero-order valence-electron chi connectivity index (χ0n) is 19.8. The second-order valence-corrected chi connectivity index (χ2v) is 8.71. The second-order valence-electron chi connectivity index (χ2n) is 8.71. The molecule has 1 aromatic heterocycles. The molecule has 8 heteroatoms. The maximum Gasteiger partial charge on any atom is 0.191 e. The van der Waals surface area contributed by atoms with Crippen LogP contribution in [0.15, 0.2) is 52.1 Å². The molecule has 2 heterocycles. The van der Waals surface area contributed by atoms with E-state index in [9.17, 15) is 0 Å². The van der Waals surface area contributed by atoms with Crippen LogP contribution in [0, 0.1) is 0 Å². The lowest BCUT2D eigenvalue weighted by Gasteiger charge is -2.41. The molecular weight excluding hydrogens is 517 g/mol. The third kappa shape index (κ3) is 8.06. The number of furan rings is 1. The first-order valence-electron chi connectivity index (χ1n) is 11.0. The summed E-state index contributed by atoms with van der Waals surface area (Å²) in [5.41, 5.74) is 2.60. The van der Waals surface area contributed by atoms with Gasteiger partial charge in [0.1, 0.15) is 5.76 Å². The normalized spacial score (nSPS) is 15.5. The molecule has 0 aliphatic carbocycles. The summed E-state index contributed by atoms with van der Waals surface area (Å²) in [6.07, 6.45) is 1.72. The third-order valence-corrected chi connectivity index (χ3v) is 5.79. The van der Waals surface area contributed by atoms with Gasteiger partial charge in [-0.1, -0.05) is 24.3 Å². The molecule has 1 aliphatic rings. The van der Waals surface area contributed by atoms with E-state index in [-0.39, 0.29) is 29.5 Å². The summed E-state index contributed by atoms with van der Waals surface area (Å²) in [6.45, 7) is 11.3. The lowest BCUT2D eigenvalue weighted by Crippen LogP contribution is -2.56. The van der Waals surface area contributed by atoms with E-state index in [0.29, 0.717) is 0 Å². The van der Waals surface area contributed by atoms with Crippen LogP contribution in [0.3, 0.4) is 0 Å². The molecule has 2 aromatic rings. The van der Waals surface area contributed by atoms with Gasteiger partial charge in [-0.2, -0.15) is 0 Å². The van der Waals surface area contributed by atoms with Gasteiger partial charge in [-0.25, -0.2) is 0 Å². The van der Waals surface area contributed by atoms with Gasteiger partial charge in [0.25, 0.3) is 0 Å². The molecule has 0 radical (unpaired) electrons. The summed E-state index contributed by atoms with van der Waals surface area (Å²) < 4.78 is 11.0. The van der Waals surface area contributed by atoms with Crippen LogP contribution >= 0.6 is 24.0 Å². The Balaban J connectivity index is 0.00000363. The summed E-state index contributed by atoms with van der Waals surface area (Å²) in [5, 5.41) is 6.98. The van der Waals surface area contributed by atoms with Gasteiger partial charge >= 0.3 is 0 Å². The number of nitrogens with one attached hydrogen (secondary N) is 2. The molecule has 0 spiro atoms. The van der Waals surface area contributed by atoms with Crippen molar-refractivity contribution in [2.24, 2.45) is 4.99 Å². The van der Waals surface area contributed by atoms with Crippen LogP contribution in [0.2, 0.25) is 0 Å². The Morgan fingerprint density at radius 1 is 1.06 bits per heavy atom. The number of aliphatic imine (C=N–C) groups is 1. The number of halogens is 1. The van der Waals surface area contributed by atoms with Crippen molar-refractivity contribution < 1.29 is 9.15 Å². The molecule has 0 saturated carbocycles. The molecule has 32 heavy (non-hydrogen) atoms. The van der Waals surface area contributed by atoms with E-state index in [1.165, 1.54) is 11.1 Å². The minimum absolute atomic E-state index is 0. The standard InChI is InChI=1S/C24H37N5O2.HI/c1-24(2,29-11-14-30-15-12-29)19-27-23(25-3)26-16-20-8-5-6-9-21(20)17-28(4)18-22-10-7-13-31-22;/h5-10,13H,11-12,14-19H2,1-4H3,(H2,25,26,27);1H. The highest BCUT2D eigenvalue weighted by molar-refractivity contribution is 14.0. The van der Waals surface area contributed by atoms with Crippen LogP contribution in [0.25, 0.3) is 0 Å². The summed E-state index contributed by atoms with van der Waals surface area (Å²) >= 11 is 0. The Kier molecular flexibility index (Phi) is 11.0. The first kappa shape index (κ1) is 26.6. The van der Waals surface area contributed by atoms with Crippen molar-refractivity contribution in [1.82, 2.24) is 20.4 Å². The fraction of sp³-hybridized carbons (Fsp3) is 0.542. The summed E-state index contributed by atoms with van der Waals surface area (Å²) in [7, 11) is 3.93. The van der Waals surface area contributed by atoms with Crippen LogP contribution in [-0.4, -0.2) is 68.2 Å². The van der Waals surface area contributed by atoms with Gasteiger partial charge in [0.05, 0.1) is 26.0 Å². The Labute approximate surface area is 209 Å². The monoisotopic (exact) mass is 555 g/mol. The minimum atomic E-state index is 0. The number of guanidine groups is 1. The van der Waals surface area contributed by atoms with E-state index in [2.05, 4.69) is 70.6 Å². The zero-order valence-corrected chi connectivity index (χ0v) is 22.1. The number of ether oxygens (including phenoxy) is 1. The average Bonchev–Trinajstić information content (AvgIpc) is 3.28. The van der Waals surface area contributed by atoms with E-state index in [1.807, 2.05) is 19.2 Å². The summed E-state index contributed by atoms with van der Waals surface area (Å²) in [6, 6.07) is 12.5. The van der Waals surface area contributed by atoms with E-state index < -0.39 is 0 Å². The number of hydrogen-bond acceptors (Lipinski definition) is 5. The molecule has 3 rings (SSSR count). The molecule has 1 aliphatic heterocycles. The van der Waals surface area contributed by atoms with Crippen molar-refractivity contribution in [2.75, 3.05) is 46.9 Å². The van der Waals surface area contributed by atoms with Crippen LogP contribution in [-0.2, 0) is 24.4 Å². The van der Waals surface area contributed by atoms with Crippen molar-refractivity contribution in [3.8, 4) is 0 Å². The average molecular weight is 556 g/mol. The van der Waals surface area contributed by atoms with Crippen LogP contribution in [0.5, 0.6) is 0 Å². The first-order chi connectivity index (χ1) is 15.0. The van der Waals surface area contributed by atoms with E-state index in [1.54, 1.807) is 6.26 Å². The second kappa shape index (κ2) is 13.2. The largest absolute Gasteiger partial charge is 0.468 e. The maximum absolute atomic E-state index is 5.49. The molecule has 7 nitrogen and oxygen atoms in total. The molecule has 1 fully saturated rings. The fourth-order valence-electron chi connectivity index (χ4n) is 3.88. The highest BCUT2D eigenvalue weighted by atomic mass is 127. The molecule has 0 unspecified atom stereocenters. The maximum atomic E-state index is 5.49. The Hall–Kier alpha value is -1.62. The predicted molar refractivity (Wildman–Crippen MR) is 140 cm³/mol. The predicted octanol–water partition coefficient (Wildman–Crippen LogP) is 3.31. The Bertz CT molecular complexity index is 820. The molecule has 1 saturated heterocycles. The van der Waals surface area contributed by atoms with Gasteiger partial charge in [0.2, 0.25) is 0 Å². The quantitative estimate of drug-likeness (QED) is 0.281. The molecule has 0 bridgehead atoms. The molecule has 2 N–H and O–H groups in total. The lowest BCUT2D eigenvalue weighted by molar-refractivity contribution is -0.00834. The number of hydrogen-bond donors (Lipinski definition) is 2. The van der Waals surface area contributed by atoms with Gasteiger partial charge in [0.15, 0.2) is 5.96 Å². The van der Waals surface area contributed by atoms with Crippen molar-refractivity contribution >= 4 is 29.9 Å². The van der Waals surface area contributed by atoms with Crippen molar-refractivity contribution in [3.05, 3.63) is 59.5 Å². The Morgan fingerprint density at radius 3 is 2.44 bits per heavy atom. The van der Waals surface area contributed by atoms with Gasteiger partial charge in [-0.3, -0.25) is 14.8 Å². The van der Waals surface area contributed by atoms with Crippen molar-refractivity contribution in [3.63, 3.8) is 0 Å². The molecule has 0 amide bonds. The Morgan fingerprint density at radius 2 is 1.78 bits per heavy atom. The molecule has 1 aromatic carbocycles. The third-order valence-electron chi connectivity index (χ3n) is 5.79. The minimum Gasteiger partial charge on any atom is -0.468 e. The van der Waals surface area contributed by atoms with E-state index in [0.717, 1.165) is 64.2 Å². The van der Waals surface area contributed by atoms with Crippen LogP contribution in [0.1, 0.15) is 30.7 Å². The molecule has 178 valence electrons. The van der Waals surface area contributed by atoms with Gasteiger partial charge < -0.3 is 19.8 Å². The highest BCUT2D eigenvalue weighted by Gasteiger charge is 2.28. The topological polar surface area (TPSA) is 65.3 Å². The van der Waals surface area contributed by atoms with Crippen molar-refractivity contribution in [1.29, 1.82) is 0 Å². The van der Waals surface area contributed by atoms with E-state index in [4.69, 9.17) is 9.15 Å². The number of rotatable bonds is 9. The first-order valence-corrected chi connectivity index (χ1v) is 11.0. The summed E-state index contributed by atoms with van der Waals surface area (Å²) in [5.74, 6) is 1.80.